The van der Waals surface area contributed by atoms with Gasteiger partial charge in [-0.2, -0.15) is 0 Å². The second kappa shape index (κ2) is 9.74. The van der Waals surface area contributed by atoms with Crippen LogP contribution in [0.15, 0.2) is 155 Å². The molecule has 5 heteroatoms. The highest BCUT2D eigenvalue weighted by Gasteiger charge is 2.27. The van der Waals surface area contributed by atoms with Gasteiger partial charge in [0.05, 0.1) is 27.9 Å². The van der Waals surface area contributed by atoms with Crippen LogP contribution in [0.1, 0.15) is 0 Å². The Labute approximate surface area is 284 Å². The van der Waals surface area contributed by atoms with E-state index in [4.69, 9.17) is 16.6 Å². The molecule has 11 rings (SSSR count). The van der Waals surface area contributed by atoms with Crippen molar-refractivity contribution >= 4 is 111 Å². The van der Waals surface area contributed by atoms with Crippen LogP contribution in [0.2, 0.25) is 5.02 Å². The zero-order chi connectivity index (χ0) is 31.5. The van der Waals surface area contributed by atoms with E-state index < -0.39 is 0 Å². The third-order valence-corrected chi connectivity index (χ3v) is 11.3. The van der Waals surface area contributed by atoms with Gasteiger partial charge in [0.15, 0.2) is 0 Å². The number of benzene rings is 8. The lowest BCUT2D eigenvalue weighted by molar-refractivity contribution is 1.18. The Balaban J connectivity index is 1.24. The molecule has 224 valence electrons. The van der Waals surface area contributed by atoms with Crippen molar-refractivity contribution in [2.75, 3.05) is 4.90 Å². The number of nitrogens with zero attached hydrogens (tertiary/aromatic N) is 3. The third kappa shape index (κ3) is 3.59. The van der Waals surface area contributed by atoms with E-state index in [1.165, 1.54) is 53.7 Å². The van der Waals surface area contributed by atoms with E-state index in [9.17, 15) is 0 Å². The Bertz CT molecular complexity index is 3020. The number of rotatable bonds is 1. The van der Waals surface area contributed by atoms with Crippen molar-refractivity contribution in [3.8, 4) is 0 Å². The van der Waals surface area contributed by atoms with E-state index in [0.717, 1.165) is 48.9 Å². The molecule has 3 heterocycles. The second-order valence-corrected chi connectivity index (χ2v) is 14.0. The summed E-state index contributed by atoms with van der Waals surface area (Å²) in [6.07, 6.45) is 0. The van der Waals surface area contributed by atoms with Gasteiger partial charge in [0.1, 0.15) is 5.65 Å². The predicted octanol–water partition coefficient (Wildman–Crippen LogP) is 12.8. The van der Waals surface area contributed by atoms with E-state index in [0.29, 0.717) is 0 Å². The maximum Gasteiger partial charge on any atom is 0.146 e. The predicted molar refractivity (Wildman–Crippen MR) is 204 cm³/mol. The number of halogens is 1. The average Bonchev–Trinajstić information content (AvgIpc) is 3.53. The Morgan fingerprint density at radius 1 is 0.458 bits per heavy atom. The lowest BCUT2D eigenvalue weighted by Gasteiger charge is -2.34. The number of hydrogen-bond acceptors (Lipinski definition) is 3. The second-order valence-electron chi connectivity index (χ2n) is 12.5. The van der Waals surface area contributed by atoms with Crippen LogP contribution in [-0.4, -0.2) is 9.38 Å². The van der Waals surface area contributed by atoms with Crippen molar-refractivity contribution in [3.63, 3.8) is 0 Å². The molecule has 0 spiro atoms. The lowest BCUT2D eigenvalue weighted by atomic mass is 9.93. The summed E-state index contributed by atoms with van der Waals surface area (Å²) in [4.78, 5) is 9.90. The van der Waals surface area contributed by atoms with Crippen molar-refractivity contribution in [3.05, 3.63) is 151 Å². The van der Waals surface area contributed by atoms with E-state index in [1.54, 1.807) is 11.8 Å². The van der Waals surface area contributed by atoms with Gasteiger partial charge in [0.25, 0.3) is 0 Å². The summed E-state index contributed by atoms with van der Waals surface area (Å²) >= 11 is 8.42. The first-order valence-electron chi connectivity index (χ1n) is 16.1. The molecule has 0 atom stereocenters. The van der Waals surface area contributed by atoms with Gasteiger partial charge in [0.2, 0.25) is 0 Å². The van der Waals surface area contributed by atoms with Crippen molar-refractivity contribution in [2.24, 2.45) is 0 Å². The van der Waals surface area contributed by atoms with Gasteiger partial charge >= 0.3 is 0 Å². The molecule has 0 radical (unpaired) electrons. The summed E-state index contributed by atoms with van der Waals surface area (Å²) in [5.74, 6) is 0. The average molecular weight is 650 g/mol. The highest BCUT2D eigenvalue weighted by molar-refractivity contribution is 7.99. The highest BCUT2D eigenvalue weighted by Crippen LogP contribution is 2.54. The van der Waals surface area contributed by atoms with Gasteiger partial charge < -0.3 is 4.90 Å². The maximum absolute atomic E-state index is 6.63. The Morgan fingerprint density at radius 3 is 1.83 bits per heavy atom. The van der Waals surface area contributed by atoms with Gasteiger partial charge in [-0.3, -0.25) is 4.40 Å². The van der Waals surface area contributed by atoms with Gasteiger partial charge in [-0.1, -0.05) is 102 Å². The first kappa shape index (κ1) is 26.5. The maximum atomic E-state index is 6.63. The molecule has 0 saturated heterocycles. The fourth-order valence-electron chi connectivity index (χ4n) is 7.89. The minimum atomic E-state index is 0.736. The molecular weight excluding hydrogens is 626 g/mol. The van der Waals surface area contributed by atoms with Crippen molar-refractivity contribution in [1.82, 2.24) is 9.38 Å². The molecule has 0 unspecified atom stereocenters. The molecule has 8 aromatic carbocycles. The number of para-hydroxylation sites is 3. The van der Waals surface area contributed by atoms with Crippen LogP contribution < -0.4 is 4.90 Å². The molecule has 1 aliphatic rings. The number of imidazole rings is 1. The summed E-state index contributed by atoms with van der Waals surface area (Å²) in [5.41, 5.74) is 7.63. The third-order valence-electron chi connectivity index (χ3n) is 9.95. The van der Waals surface area contributed by atoms with Crippen molar-refractivity contribution < 1.29 is 0 Å². The van der Waals surface area contributed by atoms with Crippen LogP contribution in [0.3, 0.4) is 0 Å². The number of aromatic nitrogens is 2. The topological polar surface area (TPSA) is 20.5 Å². The minimum absolute atomic E-state index is 0.736. The van der Waals surface area contributed by atoms with Gasteiger partial charge in [-0.25, -0.2) is 4.98 Å². The molecule has 2 aromatic heterocycles. The van der Waals surface area contributed by atoms with Crippen molar-refractivity contribution in [1.29, 1.82) is 0 Å². The number of hydrogen-bond donors (Lipinski definition) is 0. The normalized spacial score (nSPS) is 13.0. The molecule has 0 saturated carbocycles. The van der Waals surface area contributed by atoms with Crippen LogP contribution in [-0.2, 0) is 0 Å². The summed E-state index contributed by atoms with van der Waals surface area (Å²) in [5, 5.41) is 11.8. The summed E-state index contributed by atoms with van der Waals surface area (Å²) in [6.45, 7) is 0. The fraction of sp³-hybridized carbons (Fsp3) is 0. The van der Waals surface area contributed by atoms with Gasteiger partial charge in [-0.05, 0) is 104 Å². The molecule has 0 aliphatic carbocycles. The molecule has 0 amide bonds. The highest BCUT2D eigenvalue weighted by atomic mass is 35.5. The first-order valence-corrected chi connectivity index (χ1v) is 17.3. The van der Waals surface area contributed by atoms with Gasteiger partial charge in [0, 0.05) is 31.3 Å². The molecule has 0 fully saturated rings. The molecule has 3 nitrogen and oxygen atoms in total. The van der Waals surface area contributed by atoms with Crippen LogP contribution in [0.25, 0.3) is 70.7 Å². The largest absolute Gasteiger partial charge is 0.308 e. The summed E-state index contributed by atoms with van der Waals surface area (Å²) in [6, 6.07) is 52.5. The summed E-state index contributed by atoms with van der Waals surface area (Å²) < 4.78 is 2.30. The lowest BCUT2D eigenvalue weighted by Crippen LogP contribution is -2.15. The van der Waals surface area contributed by atoms with E-state index >= 15 is 0 Å². The molecular formula is C43H24ClN3S. The van der Waals surface area contributed by atoms with Crippen LogP contribution in [0, 0.1) is 0 Å². The number of anilines is 3. The Hall–Kier alpha value is -5.55. The number of pyridine rings is 1. The summed E-state index contributed by atoms with van der Waals surface area (Å²) in [7, 11) is 0. The smallest absolute Gasteiger partial charge is 0.146 e. The van der Waals surface area contributed by atoms with Crippen LogP contribution in [0.5, 0.6) is 0 Å². The molecule has 0 N–H and O–H groups in total. The quantitative estimate of drug-likeness (QED) is 0.165. The molecule has 48 heavy (non-hydrogen) atoms. The van der Waals surface area contributed by atoms with Crippen LogP contribution >= 0.6 is 23.4 Å². The zero-order valence-electron chi connectivity index (χ0n) is 25.5. The minimum Gasteiger partial charge on any atom is -0.308 e. The first-order chi connectivity index (χ1) is 23.7. The number of fused-ring (bicyclic) bond motifs is 16. The SMILES string of the molecule is Clc1ccc2c(c1)Sc1cc3c4ccccc4c4ccccc4c3cc1N2c1ccc2c(c1)c1ccccc1n1c3ccccc3nc21. The zero-order valence-corrected chi connectivity index (χ0v) is 27.1. The monoisotopic (exact) mass is 649 g/mol. The van der Waals surface area contributed by atoms with Gasteiger partial charge in [-0.15, -0.1) is 0 Å². The standard InChI is InChI=1S/C43H24ClN3S/c44-25-17-20-39-41(21-25)48-42-24-35-30-12-4-2-10-28(30)27-9-1-3-11-29(27)34(35)23-40(42)46(39)26-18-19-32-33(22-26)31-13-5-7-15-37(31)47-38-16-8-6-14-36(38)45-43(32)47/h1-24H. The van der Waals surface area contributed by atoms with Crippen LogP contribution in [0.4, 0.5) is 17.1 Å². The molecule has 0 bridgehead atoms. The van der Waals surface area contributed by atoms with E-state index in [1.807, 2.05) is 6.07 Å². The van der Waals surface area contributed by atoms with Crippen molar-refractivity contribution in [2.45, 2.75) is 9.79 Å². The van der Waals surface area contributed by atoms with E-state index in [-0.39, 0.29) is 0 Å². The van der Waals surface area contributed by atoms with E-state index in [2.05, 4.69) is 149 Å². The Morgan fingerprint density at radius 2 is 1.06 bits per heavy atom. The molecule has 1 aliphatic heterocycles. The molecule has 10 aromatic rings. The fourth-order valence-corrected chi connectivity index (χ4v) is 9.25. The Kier molecular flexibility index (Phi) is 5.38.